The van der Waals surface area contributed by atoms with Crippen molar-refractivity contribution in [1.29, 1.82) is 0 Å². The van der Waals surface area contributed by atoms with Gasteiger partial charge in [0.1, 0.15) is 13.2 Å². The molecule has 2 aromatic rings. The second-order valence-electron chi connectivity index (χ2n) is 7.46. The number of carboxylic acids is 1. The molecule has 2 aliphatic rings. The predicted molar refractivity (Wildman–Crippen MR) is 105 cm³/mol. The van der Waals surface area contributed by atoms with Crippen molar-refractivity contribution in [1.82, 2.24) is 4.90 Å². The number of morpholine rings is 1. The van der Waals surface area contributed by atoms with E-state index in [2.05, 4.69) is 4.74 Å². The molecule has 0 spiro atoms. The standard InChI is InChI=1S/C22H18F3NO7/c23-22(24,25)20(29)33-18-11-31-10-17(19(27)28)26(18)21(30)32-9-16-14-7-3-1-5-12(14)13-6-2-4-8-15(13)16/h1-8,16-18H,9-11H2,(H,27,28). The molecule has 1 saturated heterocycles. The van der Waals surface area contributed by atoms with Crippen LogP contribution in [0.25, 0.3) is 11.1 Å². The lowest BCUT2D eigenvalue weighted by molar-refractivity contribution is -0.224. The molecule has 1 aliphatic heterocycles. The van der Waals surface area contributed by atoms with Crippen molar-refractivity contribution in [3.8, 4) is 11.1 Å². The monoisotopic (exact) mass is 465 g/mol. The van der Waals surface area contributed by atoms with Crippen molar-refractivity contribution >= 4 is 18.0 Å². The third kappa shape index (κ3) is 4.36. The molecule has 1 aliphatic carbocycles. The molecule has 2 aromatic carbocycles. The Hall–Kier alpha value is -3.60. The Kier molecular flexibility index (Phi) is 5.98. The molecule has 8 nitrogen and oxygen atoms in total. The van der Waals surface area contributed by atoms with Crippen LogP contribution in [0.4, 0.5) is 18.0 Å². The van der Waals surface area contributed by atoms with E-state index in [4.69, 9.17) is 9.47 Å². The highest BCUT2D eigenvalue weighted by molar-refractivity contribution is 5.82. The average molecular weight is 465 g/mol. The van der Waals surface area contributed by atoms with E-state index >= 15 is 0 Å². The predicted octanol–water partition coefficient (Wildman–Crippen LogP) is 3.15. The van der Waals surface area contributed by atoms with Crippen LogP contribution in [0.1, 0.15) is 17.0 Å². The molecule has 0 saturated carbocycles. The summed E-state index contributed by atoms with van der Waals surface area (Å²) in [6, 6.07) is 13.3. The van der Waals surface area contributed by atoms with Gasteiger partial charge in [-0.15, -0.1) is 0 Å². The molecular weight excluding hydrogens is 447 g/mol. The van der Waals surface area contributed by atoms with Crippen LogP contribution >= 0.6 is 0 Å². The van der Waals surface area contributed by atoms with Crippen molar-refractivity contribution in [2.75, 3.05) is 19.8 Å². The molecular formula is C22H18F3NO7. The number of carbonyl (C=O) groups is 3. The quantitative estimate of drug-likeness (QED) is 0.692. The highest BCUT2D eigenvalue weighted by Crippen LogP contribution is 2.44. The summed E-state index contributed by atoms with van der Waals surface area (Å²) in [5.74, 6) is -4.48. The molecule has 33 heavy (non-hydrogen) atoms. The Morgan fingerprint density at radius 2 is 1.58 bits per heavy atom. The molecule has 1 N–H and O–H groups in total. The van der Waals surface area contributed by atoms with Crippen molar-refractivity contribution in [2.24, 2.45) is 0 Å². The van der Waals surface area contributed by atoms with E-state index in [0.29, 0.717) is 4.90 Å². The van der Waals surface area contributed by atoms with Gasteiger partial charge >= 0.3 is 24.2 Å². The Morgan fingerprint density at radius 1 is 1.00 bits per heavy atom. The Morgan fingerprint density at radius 3 is 2.12 bits per heavy atom. The minimum atomic E-state index is -5.33. The van der Waals surface area contributed by atoms with Gasteiger partial charge in [-0.1, -0.05) is 48.5 Å². The van der Waals surface area contributed by atoms with Gasteiger partial charge in [0, 0.05) is 5.92 Å². The molecule has 1 fully saturated rings. The van der Waals surface area contributed by atoms with Crippen LogP contribution in [0, 0.1) is 0 Å². The van der Waals surface area contributed by atoms with Crippen LogP contribution in [0.15, 0.2) is 48.5 Å². The molecule has 174 valence electrons. The van der Waals surface area contributed by atoms with E-state index in [1.165, 1.54) is 0 Å². The van der Waals surface area contributed by atoms with Crippen molar-refractivity contribution in [3.63, 3.8) is 0 Å². The van der Waals surface area contributed by atoms with Gasteiger partial charge in [0.25, 0.3) is 0 Å². The summed E-state index contributed by atoms with van der Waals surface area (Å²) in [4.78, 5) is 36.2. The SMILES string of the molecule is O=C(O)C1COCC(OC(=O)C(F)(F)F)N1C(=O)OCC1c2ccccc2-c2ccccc21. The van der Waals surface area contributed by atoms with Gasteiger partial charge in [-0.2, -0.15) is 13.2 Å². The number of hydrogen-bond acceptors (Lipinski definition) is 6. The first-order valence-corrected chi connectivity index (χ1v) is 9.90. The van der Waals surface area contributed by atoms with Gasteiger partial charge in [-0.05, 0) is 22.3 Å². The van der Waals surface area contributed by atoms with E-state index in [1.54, 1.807) is 0 Å². The average Bonchev–Trinajstić information content (AvgIpc) is 3.10. The number of carboxylic acid groups (broad SMARTS) is 1. The van der Waals surface area contributed by atoms with Crippen LogP contribution in [0.3, 0.4) is 0 Å². The maximum absolute atomic E-state index is 12.8. The van der Waals surface area contributed by atoms with Crippen molar-refractivity contribution in [3.05, 3.63) is 59.7 Å². The van der Waals surface area contributed by atoms with Gasteiger partial charge < -0.3 is 19.3 Å². The molecule has 11 heteroatoms. The fraction of sp³-hybridized carbons (Fsp3) is 0.318. The number of benzene rings is 2. The molecule has 0 aromatic heterocycles. The largest absolute Gasteiger partial charge is 0.491 e. The molecule has 2 atom stereocenters. The lowest BCUT2D eigenvalue weighted by Gasteiger charge is -2.38. The van der Waals surface area contributed by atoms with Gasteiger partial charge in [0.05, 0.1) is 6.61 Å². The highest BCUT2D eigenvalue weighted by Gasteiger charge is 2.48. The molecule has 1 heterocycles. The van der Waals surface area contributed by atoms with Crippen LogP contribution < -0.4 is 0 Å². The topological polar surface area (TPSA) is 102 Å². The summed E-state index contributed by atoms with van der Waals surface area (Å²) >= 11 is 0. The van der Waals surface area contributed by atoms with Crippen LogP contribution in [0.5, 0.6) is 0 Å². The summed E-state index contributed by atoms with van der Waals surface area (Å²) in [6.07, 6.45) is -8.47. The summed E-state index contributed by atoms with van der Waals surface area (Å²) in [6.45, 7) is -1.33. The number of fused-ring (bicyclic) bond motifs is 3. The minimum absolute atomic E-state index is 0.198. The number of esters is 1. The molecule has 2 unspecified atom stereocenters. The zero-order chi connectivity index (χ0) is 23.8. The van der Waals surface area contributed by atoms with Gasteiger partial charge in [-0.25, -0.2) is 14.4 Å². The van der Waals surface area contributed by atoms with Crippen molar-refractivity contribution in [2.45, 2.75) is 24.4 Å². The zero-order valence-electron chi connectivity index (χ0n) is 16.9. The number of alkyl halides is 3. The lowest BCUT2D eigenvalue weighted by atomic mass is 9.98. The van der Waals surface area contributed by atoms with Crippen LogP contribution in [-0.4, -0.2) is 66.3 Å². The third-order valence-corrected chi connectivity index (χ3v) is 5.49. The first kappa shape index (κ1) is 22.6. The second kappa shape index (κ2) is 8.74. The fourth-order valence-corrected chi connectivity index (χ4v) is 4.03. The van der Waals surface area contributed by atoms with E-state index in [0.717, 1.165) is 22.3 Å². The molecule has 0 radical (unpaired) electrons. The summed E-state index contributed by atoms with van der Waals surface area (Å²) in [5.41, 5.74) is 3.70. The first-order chi connectivity index (χ1) is 15.7. The minimum Gasteiger partial charge on any atom is -0.480 e. The number of halogens is 3. The van der Waals surface area contributed by atoms with Gasteiger partial charge in [-0.3, -0.25) is 4.90 Å². The fourth-order valence-electron chi connectivity index (χ4n) is 4.03. The van der Waals surface area contributed by atoms with Gasteiger partial charge in [0.2, 0.25) is 6.23 Å². The Labute approximate surface area is 185 Å². The summed E-state index contributed by atoms with van der Waals surface area (Å²) < 4.78 is 52.6. The number of hydrogen-bond donors (Lipinski definition) is 1. The number of carbonyl (C=O) groups excluding carboxylic acids is 2. The van der Waals surface area contributed by atoms with Gasteiger partial charge in [0.15, 0.2) is 6.04 Å². The Bertz CT molecular complexity index is 1040. The van der Waals surface area contributed by atoms with E-state index < -0.39 is 49.7 Å². The normalized spacial score (nSPS) is 20.0. The molecule has 1 amide bonds. The number of aliphatic carboxylic acids is 1. The number of nitrogens with zero attached hydrogens (tertiary/aromatic N) is 1. The number of amides is 1. The van der Waals surface area contributed by atoms with E-state index in [9.17, 15) is 32.7 Å². The van der Waals surface area contributed by atoms with E-state index in [-0.39, 0.29) is 12.5 Å². The summed E-state index contributed by atoms with van der Waals surface area (Å²) in [5, 5.41) is 9.42. The lowest BCUT2D eigenvalue weighted by Crippen LogP contribution is -2.60. The maximum Gasteiger partial charge on any atom is 0.491 e. The first-order valence-electron chi connectivity index (χ1n) is 9.90. The smallest absolute Gasteiger partial charge is 0.480 e. The third-order valence-electron chi connectivity index (χ3n) is 5.49. The molecule has 0 bridgehead atoms. The van der Waals surface area contributed by atoms with Crippen LogP contribution in [-0.2, 0) is 23.8 Å². The maximum atomic E-state index is 12.8. The summed E-state index contributed by atoms with van der Waals surface area (Å²) in [7, 11) is 0. The number of ether oxygens (including phenoxy) is 3. The number of rotatable bonds is 4. The van der Waals surface area contributed by atoms with Crippen LogP contribution in [0.2, 0.25) is 0 Å². The second-order valence-corrected chi connectivity index (χ2v) is 7.46. The van der Waals surface area contributed by atoms with Crippen molar-refractivity contribution < 1.29 is 46.9 Å². The Balaban J connectivity index is 1.55. The molecule has 4 rings (SSSR count). The van der Waals surface area contributed by atoms with E-state index in [1.807, 2.05) is 48.5 Å². The zero-order valence-corrected chi connectivity index (χ0v) is 16.9. The highest BCUT2D eigenvalue weighted by atomic mass is 19.4.